The number of nitrogens with zero attached hydrogens (tertiary/aromatic N) is 3. The molecule has 1 aliphatic carbocycles. The molecule has 0 radical (unpaired) electrons. The van der Waals surface area contributed by atoms with Crippen LogP contribution in [0.4, 0.5) is 0 Å². The van der Waals surface area contributed by atoms with Gasteiger partial charge in [0, 0.05) is 32.2 Å². The van der Waals surface area contributed by atoms with E-state index in [4.69, 9.17) is 4.52 Å². The third kappa shape index (κ3) is 5.84. The molecule has 2 aliphatic rings. The SMILES string of the molecule is CN=C(NCCCc1c(C)noc1C)N1CCCC2(CCCCCC2)C1.I. The summed E-state index contributed by atoms with van der Waals surface area (Å²) in [5, 5.41) is 7.65. The highest BCUT2D eigenvalue weighted by Gasteiger charge is 2.36. The van der Waals surface area contributed by atoms with Gasteiger partial charge in [-0.25, -0.2) is 0 Å². The third-order valence-electron chi connectivity index (χ3n) is 6.40. The zero-order valence-electron chi connectivity index (χ0n) is 17.4. The Hall–Kier alpha value is -0.790. The summed E-state index contributed by atoms with van der Waals surface area (Å²) in [7, 11) is 1.92. The van der Waals surface area contributed by atoms with E-state index in [1.807, 2.05) is 20.9 Å². The molecular weight excluding hydrogens is 451 g/mol. The van der Waals surface area contributed by atoms with E-state index in [0.717, 1.165) is 43.3 Å². The largest absolute Gasteiger partial charge is 0.361 e. The molecule has 0 unspecified atom stereocenters. The number of aromatic nitrogens is 1. The number of hydrogen-bond donors (Lipinski definition) is 1. The van der Waals surface area contributed by atoms with Crippen LogP contribution in [0, 0.1) is 19.3 Å². The van der Waals surface area contributed by atoms with Crippen LogP contribution in [0.3, 0.4) is 0 Å². The summed E-state index contributed by atoms with van der Waals surface area (Å²) < 4.78 is 5.26. The van der Waals surface area contributed by atoms with E-state index in [1.54, 1.807) is 0 Å². The van der Waals surface area contributed by atoms with Gasteiger partial charge < -0.3 is 14.7 Å². The molecule has 2 heterocycles. The second-order valence-corrected chi connectivity index (χ2v) is 8.32. The minimum absolute atomic E-state index is 0. The van der Waals surface area contributed by atoms with E-state index in [-0.39, 0.29) is 24.0 Å². The molecule has 3 rings (SSSR count). The number of aryl methyl sites for hydroxylation is 2. The Labute approximate surface area is 181 Å². The monoisotopic (exact) mass is 488 g/mol. The van der Waals surface area contributed by atoms with Crippen LogP contribution < -0.4 is 5.32 Å². The number of aliphatic imine (C=N–C) groups is 1. The van der Waals surface area contributed by atoms with Crippen LogP contribution in [0.25, 0.3) is 0 Å². The Balaban J connectivity index is 0.00000261. The third-order valence-corrected chi connectivity index (χ3v) is 6.40. The lowest BCUT2D eigenvalue weighted by atomic mass is 9.74. The van der Waals surface area contributed by atoms with Gasteiger partial charge in [-0.1, -0.05) is 30.8 Å². The summed E-state index contributed by atoms with van der Waals surface area (Å²) in [4.78, 5) is 7.10. The van der Waals surface area contributed by atoms with Crippen molar-refractivity contribution in [2.75, 3.05) is 26.7 Å². The van der Waals surface area contributed by atoms with E-state index in [1.165, 1.54) is 63.5 Å². The number of likely N-dealkylation sites (tertiary alicyclic amines) is 1. The number of guanidine groups is 1. The van der Waals surface area contributed by atoms with Gasteiger partial charge in [-0.05, 0) is 57.8 Å². The lowest BCUT2D eigenvalue weighted by Crippen LogP contribution is -2.50. The number of hydrogen-bond acceptors (Lipinski definition) is 3. The van der Waals surface area contributed by atoms with Crippen LogP contribution in [0.2, 0.25) is 0 Å². The first kappa shape index (κ1) is 22.5. The van der Waals surface area contributed by atoms with Crippen molar-refractivity contribution in [3.63, 3.8) is 0 Å². The second-order valence-electron chi connectivity index (χ2n) is 8.32. The summed E-state index contributed by atoms with van der Waals surface area (Å²) >= 11 is 0. The molecule has 0 amide bonds. The van der Waals surface area contributed by atoms with Crippen LogP contribution in [0.15, 0.2) is 9.52 Å². The molecular formula is C21H37IN4O. The minimum Gasteiger partial charge on any atom is -0.361 e. The van der Waals surface area contributed by atoms with Gasteiger partial charge in [0.05, 0.1) is 5.69 Å². The van der Waals surface area contributed by atoms with Gasteiger partial charge in [-0.2, -0.15) is 0 Å². The van der Waals surface area contributed by atoms with Gasteiger partial charge in [0.25, 0.3) is 0 Å². The van der Waals surface area contributed by atoms with Crippen LogP contribution in [-0.2, 0) is 6.42 Å². The fourth-order valence-electron chi connectivity index (χ4n) is 4.93. The van der Waals surface area contributed by atoms with Crippen molar-refractivity contribution in [2.24, 2.45) is 10.4 Å². The first-order valence-corrected chi connectivity index (χ1v) is 10.5. The Bertz CT molecular complexity index is 586. The highest BCUT2D eigenvalue weighted by molar-refractivity contribution is 14.0. The van der Waals surface area contributed by atoms with Gasteiger partial charge >= 0.3 is 0 Å². The molecule has 1 aromatic rings. The molecule has 0 atom stereocenters. The molecule has 1 N–H and O–H groups in total. The van der Waals surface area contributed by atoms with Gasteiger partial charge in [0.2, 0.25) is 0 Å². The van der Waals surface area contributed by atoms with Gasteiger partial charge in [-0.3, -0.25) is 4.99 Å². The number of halogens is 1. The van der Waals surface area contributed by atoms with Crippen LogP contribution >= 0.6 is 24.0 Å². The van der Waals surface area contributed by atoms with Crippen molar-refractivity contribution in [3.05, 3.63) is 17.0 Å². The van der Waals surface area contributed by atoms with Gasteiger partial charge in [0.1, 0.15) is 5.76 Å². The smallest absolute Gasteiger partial charge is 0.193 e. The quantitative estimate of drug-likeness (QED) is 0.285. The Morgan fingerprint density at radius 2 is 1.85 bits per heavy atom. The van der Waals surface area contributed by atoms with Crippen molar-refractivity contribution in [2.45, 2.75) is 78.1 Å². The van der Waals surface area contributed by atoms with E-state index < -0.39 is 0 Å². The van der Waals surface area contributed by atoms with Gasteiger partial charge in [0.15, 0.2) is 5.96 Å². The molecule has 1 saturated carbocycles. The molecule has 1 aromatic heterocycles. The first-order chi connectivity index (χ1) is 12.6. The fourth-order valence-corrected chi connectivity index (χ4v) is 4.93. The molecule has 6 heteroatoms. The first-order valence-electron chi connectivity index (χ1n) is 10.5. The van der Waals surface area contributed by atoms with Crippen molar-refractivity contribution in [1.29, 1.82) is 0 Å². The maximum Gasteiger partial charge on any atom is 0.193 e. The summed E-state index contributed by atoms with van der Waals surface area (Å²) in [6.07, 6.45) is 13.3. The normalized spacial score (nSPS) is 20.3. The second kappa shape index (κ2) is 10.7. The fraction of sp³-hybridized carbons (Fsp3) is 0.810. The molecule has 1 spiro atoms. The molecule has 27 heavy (non-hydrogen) atoms. The van der Waals surface area contributed by atoms with Crippen LogP contribution in [-0.4, -0.2) is 42.7 Å². The predicted octanol–water partition coefficient (Wildman–Crippen LogP) is 4.85. The highest BCUT2D eigenvalue weighted by Crippen LogP contribution is 2.42. The zero-order valence-corrected chi connectivity index (χ0v) is 19.7. The molecule has 5 nitrogen and oxygen atoms in total. The van der Waals surface area contributed by atoms with E-state index >= 15 is 0 Å². The van der Waals surface area contributed by atoms with Crippen LogP contribution in [0.1, 0.15) is 74.8 Å². The lowest BCUT2D eigenvalue weighted by Gasteiger charge is -2.44. The average molecular weight is 488 g/mol. The maximum atomic E-state index is 5.26. The zero-order chi connectivity index (χ0) is 18.4. The standard InChI is InChI=1S/C21H36N4O.HI/c1-17-19(18(2)26-24-17)10-8-14-23-20(22-3)25-15-9-13-21(16-25)11-6-4-5-7-12-21;/h4-16H2,1-3H3,(H,22,23);1H. The molecule has 1 aliphatic heterocycles. The van der Waals surface area contributed by atoms with E-state index in [2.05, 4.69) is 20.4 Å². The van der Waals surface area contributed by atoms with Crippen LogP contribution in [0.5, 0.6) is 0 Å². The minimum atomic E-state index is 0. The van der Waals surface area contributed by atoms with E-state index in [9.17, 15) is 0 Å². The Kier molecular flexibility index (Phi) is 8.89. The lowest BCUT2D eigenvalue weighted by molar-refractivity contribution is 0.115. The number of rotatable bonds is 4. The summed E-state index contributed by atoms with van der Waals surface area (Å²) in [5.74, 6) is 2.05. The topological polar surface area (TPSA) is 53.7 Å². The summed E-state index contributed by atoms with van der Waals surface area (Å²) in [6, 6.07) is 0. The average Bonchev–Trinajstić information content (AvgIpc) is 2.83. The van der Waals surface area contributed by atoms with Crippen molar-refractivity contribution in [1.82, 2.24) is 15.4 Å². The predicted molar refractivity (Wildman–Crippen MR) is 122 cm³/mol. The summed E-state index contributed by atoms with van der Waals surface area (Å²) in [5.41, 5.74) is 2.83. The Morgan fingerprint density at radius 1 is 1.15 bits per heavy atom. The summed E-state index contributed by atoms with van der Waals surface area (Å²) in [6.45, 7) is 7.31. The van der Waals surface area contributed by atoms with E-state index in [0.29, 0.717) is 5.41 Å². The maximum absolute atomic E-state index is 5.26. The number of piperidine rings is 1. The van der Waals surface area contributed by atoms with Gasteiger partial charge in [-0.15, -0.1) is 24.0 Å². The van der Waals surface area contributed by atoms with Crippen molar-refractivity contribution >= 4 is 29.9 Å². The van der Waals surface area contributed by atoms with Crippen molar-refractivity contribution < 1.29 is 4.52 Å². The molecule has 2 fully saturated rings. The van der Waals surface area contributed by atoms with Crippen molar-refractivity contribution in [3.8, 4) is 0 Å². The number of nitrogens with one attached hydrogen (secondary N) is 1. The molecule has 0 bridgehead atoms. The molecule has 1 saturated heterocycles. The molecule has 154 valence electrons. The Morgan fingerprint density at radius 3 is 2.48 bits per heavy atom. The highest BCUT2D eigenvalue weighted by atomic mass is 127. The molecule has 0 aromatic carbocycles.